The Hall–Kier alpha value is -10.7. The number of hydrogen-bond donors (Lipinski definition) is 5. The fourth-order valence-electron chi connectivity index (χ4n) is 9.37. The maximum absolute atomic E-state index is 12.6. The molecule has 5 aromatic carbocycles. The Labute approximate surface area is 659 Å². The number of nitrogen functional groups attached to an aromatic ring is 1. The Bertz CT molecular complexity index is 4730. The number of carboxylic acid groups (broad SMARTS) is 1. The molecule has 12 aromatic rings. The minimum absolute atomic E-state index is 0. The van der Waals surface area contributed by atoms with Crippen molar-refractivity contribution in [3.63, 3.8) is 0 Å². The van der Waals surface area contributed by atoms with Crippen LogP contribution in [0.1, 0.15) is 66.0 Å². The fourth-order valence-corrected chi connectivity index (χ4v) is 10.0. The molecule has 0 unspecified atom stereocenters. The number of benzene rings is 5. The van der Waals surface area contributed by atoms with Crippen LogP contribution in [0.5, 0.6) is 0 Å². The quantitative estimate of drug-likeness (QED) is 0.0249. The minimum atomic E-state index is -1.15. The molecule has 1 amide bonds. The van der Waals surface area contributed by atoms with Gasteiger partial charge >= 0.3 is 49.0 Å². The summed E-state index contributed by atoms with van der Waals surface area (Å²) in [5.41, 5.74) is 17.0. The molecule has 107 heavy (non-hydrogen) atoms. The molecule has 0 radical (unpaired) electrons. The van der Waals surface area contributed by atoms with Crippen molar-refractivity contribution in [3.8, 4) is 17.1 Å². The van der Waals surface area contributed by atoms with Crippen LogP contribution in [-0.4, -0.2) is 168 Å². The van der Waals surface area contributed by atoms with Crippen LogP contribution in [-0.2, 0) is 14.3 Å². The average molecular weight is 1570 g/mol. The van der Waals surface area contributed by atoms with Gasteiger partial charge in [-0.05, 0) is 160 Å². The maximum atomic E-state index is 12.6. The first-order valence-corrected chi connectivity index (χ1v) is 33.1. The number of anilines is 3. The first-order chi connectivity index (χ1) is 49.8. The predicted molar refractivity (Wildman–Crippen MR) is 410 cm³/mol. The first-order valence-electron chi connectivity index (χ1n) is 31.2. The van der Waals surface area contributed by atoms with E-state index < -0.39 is 17.9 Å². The molecule has 2 saturated heterocycles. The molecule has 9 heterocycles. The number of amides is 1. The molecule has 0 aliphatic carbocycles. The van der Waals surface area contributed by atoms with Gasteiger partial charge < -0.3 is 65.4 Å². The van der Waals surface area contributed by atoms with E-state index in [1.165, 1.54) is 28.3 Å². The minimum Gasteiger partial charge on any atom is -0.870 e. The first kappa shape index (κ1) is 90.5. The average Bonchev–Trinajstić information content (AvgIpc) is 1.72. The summed E-state index contributed by atoms with van der Waals surface area (Å²) >= 11 is 28.5. The van der Waals surface area contributed by atoms with E-state index in [2.05, 4.69) is 80.4 Å². The molecular formula is C70H75Cl6LiN21O9+. The van der Waals surface area contributed by atoms with E-state index in [0.29, 0.717) is 57.3 Å². The third-order valence-electron chi connectivity index (χ3n) is 14.1. The Kier molecular flexibility index (Phi) is 39.8. The third-order valence-corrected chi connectivity index (χ3v) is 15.4. The third kappa shape index (κ3) is 28.3. The molecule has 0 bridgehead atoms. The predicted octanol–water partition coefficient (Wildman–Crippen LogP) is 9.87. The maximum Gasteiger partial charge on any atom is 1.00 e. The van der Waals surface area contributed by atoms with E-state index in [0.717, 1.165) is 84.3 Å². The summed E-state index contributed by atoms with van der Waals surface area (Å²) in [5.74, 6) is -0.462. The normalized spacial score (nSPS) is 12.5. The second kappa shape index (κ2) is 47.0. The Morgan fingerprint density at radius 2 is 0.991 bits per heavy atom. The largest absolute Gasteiger partial charge is 1.00 e. The van der Waals surface area contributed by atoms with Crippen molar-refractivity contribution in [1.82, 2.24) is 68.4 Å². The molecule has 0 saturated carbocycles. The summed E-state index contributed by atoms with van der Waals surface area (Å²) in [6.45, 7) is 13.6. The Balaban J connectivity index is 0.000000336. The van der Waals surface area contributed by atoms with E-state index >= 15 is 0 Å². The van der Waals surface area contributed by atoms with E-state index in [4.69, 9.17) is 96.4 Å². The van der Waals surface area contributed by atoms with Crippen LogP contribution in [0, 0.1) is 12.0 Å². The van der Waals surface area contributed by atoms with Crippen molar-refractivity contribution in [3.05, 3.63) is 261 Å². The van der Waals surface area contributed by atoms with Crippen LogP contribution in [0.2, 0.25) is 25.1 Å². The van der Waals surface area contributed by atoms with Crippen LogP contribution in [0.4, 0.5) is 23.0 Å². The van der Waals surface area contributed by atoms with Crippen LogP contribution < -0.4 is 45.4 Å². The number of carboxylic acids is 1. The number of carbonyl (C=O) groups is 4. The molecule has 2 aliphatic rings. The molecule has 14 rings (SSSR count). The van der Waals surface area contributed by atoms with Gasteiger partial charge in [0.15, 0.2) is 16.6 Å². The number of nitrogens with one attached hydrogen (secondary N) is 1. The van der Waals surface area contributed by atoms with Gasteiger partial charge in [-0.2, -0.15) is 0 Å². The van der Waals surface area contributed by atoms with Crippen molar-refractivity contribution in [2.45, 2.75) is 46.2 Å². The van der Waals surface area contributed by atoms with Gasteiger partial charge in [0.2, 0.25) is 11.2 Å². The van der Waals surface area contributed by atoms with E-state index in [1.807, 2.05) is 65.7 Å². The Morgan fingerprint density at radius 1 is 0.589 bits per heavy atom. The molecule has 37 heteroatoms. The zero-order valence-electron chi connectivity index (χ0n) is 57.4. The monoisotopic (exact) mass is 1570 g/mol. The van der Waals surface area contributed by atoms with E-state index in [9.17, 15) is 19.2 Å². The number of aromatic nitrogens is 13. The van der Waals surface area contributed by atoms with Crippen LogP contribution in [0.25, 0.3) is 37.9 Å². The van der Waals surface area contributed by atoms with Gasteiger partial charge in [0.25, 0.3) is 17.6 Å². The molecule has 0 spiro atoms. The molecule has 7 aromatic heterocycles. The number of ether oxygens (including phenoxy) is 2. The van der Waals surface area contributed by atoms with E-state index in [-0.39, 0.29) is 80.1 Å². The zero-order chi connectivity index (χ0) is 74.2. The summed E-state index contributed by atoms with van der Waals surface area (Å²) in [4.78, 5) is 75.6. The zero-order valence-corrected chi connectivity index (χ0v) is 62.0. The van der Waals surface area contributed by atoms with Gasteiger partial charge in [-0.25, -0.2) is 59.9 Å². The van der Waals surface area contributed by atoms with Gasteiger partial charge in [-0.15, -0.1) is 27.7 Å². The van der Waals surface area contributed by atoms with Gasteiger partial charge in [-0.3, -0.25) is 4.79 Å². The van der Waals surface area contributed by atoms with Gasteiger partial charge in [-0.1, -0.05) is 65.4 Å². The number of nitrogens with zero attached hydrogens (tertiary/aromatic N) is 18. The molecule has 556 valence electrons. The number of hydrogen-bond acceptors (Lipinski definition) is 21. The van der Waals surface area contributed by atoms with Crippen LogP contribution in [0.3, 0.4) is 0 Å². The van der Waals surface area contributed by atoms with Crippen molar-refractivity contribution < 1.29 is 63.2 Å². The number of nitrogens with two attached hydrogens (primary N) is 2. The molecule has 2 aliphatic heterocycles. The molecule has 8 N–H and O–H groups in total. The number of aliphatic hydroxyl groups is 1. The topological polar surface area (TPSA) is 387 Å². The number of rotatable bonds is 12. The molecular weight excluding hydrogens is 1500 g/mol. The van der Waals surface area contributed by atoms with Crippen molar-refractivity contribution in [2.75, 3.05) is 68.6 Å². The molecule has 30 nitrogen and oxygen atoms in total. The number of carbonyl (C=O) groups excluding carboxylic acids is 3. The standard InChI is InChI=1S/C20H18ClN7O.C11H10ClN3O2.C11H14N4.C9H6ClN3O2.C6H4ClN2.C6H6ClN.C5H7NO2.CH4O.CH4.ClH.Li.H2O/c21-14-3-5-16(6-4-14)28-13-23-18(25-28)20(29)24-15-7-10-27(12-15)19-17-2-1-9-26(17)11-8-22-19;1-2-17-11(16)10-13-7-15(14-10)9-5-3-8(12)4-6-9;12-9-3-6-15(8-9)11-10-2-1-5-14(10)7-4-13-11;10-6-1-3-7(4-2-6)13-5-11-8(12-13)9(14)15;7-5-1-3-6(9-8)4-2-5;7-5-1-3-6(8)4-2-5;1-3-8-5(7)4-6-2;1-2;;;;/h1-6,8-9,11,13,15H,7,10,12H2,(H,24,29);3-7H,2H2,1H3;1-2,4-5,7,9H,3,6,8,12H2;1-5H,(H,14,15);1-4H;1-4H,8H2;3-4H2,1H3;2H,1H3;1H4;1H;;1H2/q;;;;+1;;;;;;+1;/p-1/t15-;;9-;;;;;;;;;/m0.0........./s1. The van der Waals surface area contributed by atoms with Crippen molar-refractivity contribution in [1.29, 1.82) is 5.39 Å². The number of fused-ring (bicyclic) bond motifs is 2. The molecule has 2 fully saturated rings. The smallest absolute Gasteiger partial charge is 0.870 e. The number of aromatic carboxylic acids is 1. The summed E-state index contributed by atoms with van der Waals surface area (Å²) < 4.78 is 17.8. The number of diazo groups is 1. The number of aliphatic hydroxyl groups excluding tert-OH is 1. The number of halogens is 6. The number of esters is 2. The Morgan fingerprint density at radius 3 is 1.39 bits per heavy atom. The van der Waals surface area contributed by atoms with Gasteiger partial charge in [0.05, 0.1) is 41.3 Å². The van der Waals surface area contributed by atoms with Crippen LogP contribution >= 0.6 is 70.4 Å². The molecule has 2 atom stereocenters. The summed E-state index contributed by atoms with van der Waals surface area (Å²) in [7, 11) is 1.00. The summed E-state index contributed by atoms with van der Waals surface area (Å²) in [6, 6.07) is 43.2. The summed E-state index contributed by atoms with van der Waals surface area (Å²) in [6.07, 6.45) is 17.8. The van der Waals surface area contributed by atoms with Crippen molar-refractivity contribution in [2.24, 2.45) is 5.73 Å². The van der Waals surface area contributed by atoms with Gasteiger partial charge in [0, 0.05) is 125 Å². The summed E-state index contributed by atoms with van der Waals surface area (Å²) in [5, 5.41) is 42.2. The van der Waals surface area contributed by atoms with E-state index in [1.54, 1.807) is 134 Å². The SMILES string of the molecule is C.CCOC(=O)c1ncn(-c2ccc(Cl)cc2)n1.CO.Cl.N#[N+]c1ccc(Cl)cc1.N[C@H]1CCN(c2nccn3cccc23)C1.Nc1ccc(Cl)cc1.O=C(N[C@H]1CCN(c2nccn3cccc23)C1)c1ncn(-c2ccc(Cl)cc2)n1.O=C(O)c1ncn(-c2ccc(Cl)cc2)n1.[C-]#[N+]CC(=O)OCC.[Li+].[OH-]. The van der Waals surface area contributed by atoms with Gasteiger partial charge in [0.1, 0.15) is 19.0 Å². The second-order valence-corrected chi connectivity index (χ2v) is 23.4. The fraction of sp³-hybridized carbons (Fsp3) is 0.214. The van der Waals surface area contributed by atoms with Crippen molar-refractivity contribution >= 4 is 128 Å². The van der Waals surface area contributed by atoms with Crippen LogP contribution in [0.15, 0.2) is 202 Å². The second-order valence-electron chi connectivity index (χ2n) is 21.2.